The van der Waals surface area contributed by atoms with Crippen LogP contribution in [0, 0.1) is 5.92 Å². The Labute approximate surface area is 127 Å². The van der Waals surface area contributed by atoms with E-state index >= 15 is 0 Å². The zero-order chi connectivity index (χ0) is 14.1. The van der Waals surface area contributed by atoms with Crippen molar-refractivity contribution in [2.45, 2.75) is 57.5 Å². The SMILES string of the molecule is C1=C2C(=NCCC1)NC(C1CC1)N=C2N1CCCCCC1. The molecule has 0 radical (unpaired) electrons. The molecule has 4 aliphatic rings. The first kappa shape index (κ1) is 13.4. The number of aliphatic imine (C=N–C) groups is 2. The predicted octanol–water partition coefficient (Wildman–Crippen LogP) is 2.72. The second-order valence-electron chi connectivity index (χ2n) is 6.77. The van der Waals surface area contributed by atoms with Gasteiger partial charge >= 0.3 is 0 Å². The van der Waals surface area contributed by atoms with Crippen LogP contribution in [-0.4, -0.2) is 42.4 Å². The Balaban J connectivity index is 1.67. The first-order chi connectivity index (χ1) is 10.4. The van der Waals surface area contributed by atoms with Gasteiger partial charge in [-0.1, -0.05) is 18.9 Å². The fraction of sp³-hybridized carbons (Fsp3) is 0.765. The smallest absolute Gasteiger partial charge is 0.136 e. The van der Waals surface area contributed by atoms with Gasteiger partial charge in [0.15, 0.2) is 0 Å². The summed E-state index contributed by atoms with van der Waals surface area (Å²) in [6.07, 6.45) is 12.9. The number of amidine groups is 2. The molecule has 1 atom stereocenters. The summed E-state index contributed by atoms with van der Waals surface area (Å²) < 4.78 is 0. The van der Waals surface area contributed by atoms with Gasteiger partial charge < -0.3 is 10.2 Å². The number of hydrogen-bond acceptors (Lipinski definition) is 4. The van der Waals surface area contributed by atoms with Crippen molar-refractivity contribution in [3.8, 4) is 0 Å². The van der Waals surface area contributed by atoms with E-state index in [9.17, 15) is 0 Å². The lowest BCUT2D eigenvalue weighted by Crippen LogP contribution is -2.48. The molecular weight excluding hydrogens is 260 g/mol. The number of hydrogen-bond donors (Lipinski definition) is 1. The van der Waals surface area contributed by atoms with Crippen LogP contribution in [0.2, 0.25) is 0 Å². The quantitative estimate of drug-likeness (QED) is 0.805. The number of allylic oxidation sites excluding steroid dienone is 1. The fourth-order valence-electron chi connectivity index (χ4n) is 3.57. The van der Waals surface area contributed by atoms with Crippen molar-refractivity contribution in [1.29, 1.82) is 0 Å². The number of nitrogens with one attached hydrogen (secondary N) is 1. The number of fused-ring (bicyclic) bond motifs is 1. The van der Waals surface area contributed by atoms with Crippen molar-refractivity contribution in [2.24, 2.45) is 15.9 Å². The molecule has 1 aliphatic carbocycles. The van der Waals surface area contributed by atoms with Crippen molar-refractivity contribution < 1.29 is 0 Å². The molecule has 4 rings (SSSR count). The number of likely N-dealkylation sites (tertiary alicyclic amines) is 1. The Bertz CT molecular complexity index is 479. The van der Waals surface area contributed by atoms with Gasteiger partial charge in [0.2, 0.25) is 0 Å². The zero-order valence-corrected chi connectivity index (χ0v) is 12.9. The molecular formula is C17H26N4. The largest absolute Gasteiger partial charge is 0.356 e. The third-order valence-electron chi connectivity index (χ3n) is 5.00. The Morgan fingerprint density at radius 3 is 2.62 bits per heavy atom. The zero-order valence-electron chi connectivity index (χ0n) is 12.9. The van der Waals surface area contributed by atoms with E-state index in [0.29, 0.717) is 0 Å². The molecule has 0 spiro atoms. The van der Waals surface area contributed by atoms with Gasteiger partial charge in [0, 0.05) is 19.6 Å². The highest BCUT2D eigenvalue weighted by Gasteiger charge is 2.37. The van der Waals surface area contributed by atoms with Crippen LogP contribution in [0.1, 0.15) is 51.4 Å². The number of rotatable bonds is 1. The average molecular weight is 286 g/mol. The third kappa shape index (κ3) is 2.85. The van der Waals surface area contributed by atoms with Crippen LogP contribution in [0.4, 0.5) is 0 Å². The molecule has 21 heavy (non-hydrogen) atoms. The molecule has 3 aliphatic heterocycles. The van der Waals surface area contributed by atoms with Gasteiger partial charge in [-0.15, -0.1) is 0 Å². The Morgan fingerprint density at radius 2 is 1.86 bits per heavy atom. The normalized spacial score (nSPS) is 30.2. The maximum atomic E-state index is 5.12. The predicted molar refractivity (Wildman–Crippen MR) is 86.7 cm³/mol. The van der Waals surface area contributed by atoms with Gasteiger partial charge in [0.05, 0.1) is 5.57 Å². The minimum atomic E-state index is 0.275. The topological polar surface area (TPSA) is 40.0 Å². The van der Waals surface area contributed by atoms with Crippen LogP contribution < -0.4 is 5.32 Å². The standard InChI is InChI=1S/C17H26N4/c1-2-6-12-21(11-5-1)17-14-7-3-4-10-18-16(14)19-15(20-17)13-8-9-13/h7,13,15H,1-6,8-12H2,(H,18,19). The first-order valence-electron chi connectivity index (χ1n) is 8.76. The second kappa shape index (κ2) is 5.82. The van der Waals surface area contributed by atoms with Crippen LogP contribution in [-0.2, 0) is 0 Å². The number of nitrogens with zero attached hydrogens (tertiary/aromatic N) is 3. The monoisotopic (exact) mass is 286 g/mol. The summed E-state index contributed by atoms with van der Waals surface area (Å²) in [5.74, 6) is 3.10. The minimum Gasteiger partial charge on any atom is -0.356 e. The lowest BCUT2D eigenvalue weighted by atomic mass is 10.1. The molecule has 4 nitrogen and oxygen atoms in total. The van der Waals surface area contributed by atoms with Gasteiger partial charge in [-0.2, -0.15) is 0 Å². The van der Waals surface area contributed by atoms with Crippen molar-refractivity contribution in [3.05, 3.63) is 11.6 Å². The third-order valence-corrected chi connectivity index (χ3v) is 5.00. The van der Waals surface area contributed by atoms with Crippen LogP contribution >= 0.6 is 0 Å². The molecule has 0 aromatic heterocycles. The van der Waals surface area contributed by atoms with E-state index in [1.165, 1.54) is 63.0 Å². The maximum absolute atomic E-state index is 5.12. The lowest BCUT2D eigenvalue weighted by Gasteiger charge is -2.33. The fourth-order valence-corrected chi connectivity index (χ4v) is 3.57. The van der Waals surface area contributed by atoms with E-state index < -0.39 is 0 Å². The Morgan fingerprint density at radius 1 is 1.05 bits per heavy atom. The molecule has 1 unspecified atom stereocenters. The van der Waals surface area contributed by atoms with E-state index in [1.54, 1.807) is 0 Å². The van der Waals surface area contributed by atoms with E-state index in [-0.39, 0.29) is 6.17 Å². The van der Waals surface area contributed by atoms with Gasteiger partial charge in [0.1, 0.15) is 17.8 Å². The van der Waals surface area contributed by atoms with Gasteiger partial charge in [-0.05, 0) is 44.4 Å². The van der Waals surface area contributed by atoms with Crippen LogP contribution in [0.3, 0.4) is 0 Å². The summed E-state index contributed by atoms with van der Waals surface area (Å²) in [6.45, 7) is 3.29. The molecule has 3 heterocycles. The first-order valence-corrected chi connectivity index (χ1v) is 8.76. The van der Waals surface area contributed by atoms with Crippen molar-refractivity contribution >= 4 is 11.7 Å². The van der Waals surface area contributed by atoms with Gasteiger partial charge in [-0.25, -0.2) is 4.99 Å². The maximum Gasteiger partial charge on any atom is 0.136 e. The van der Waals surface area contributed by atoms with E-state index in [0.717, 1.165) is 31.1 Å². The molecule has 0 aromatic carbocycles. The van der Waals surface area contributed by atoms with Crippen molar-refractivity contribution in [1.82, 2.24) is 10.2 Å². The molecule has 1 N–H and O–H groups in total. The van der Waals surface area contributed by atoms with Crippen LogP contribution in [0.5, 0.6) is 0 Å². The summed E-state index contributed by atoms with van der Waals surface area (Å²) in [5.41, 5.74) is 1.28. The average Bonchev–Trinajstić information content (AvgIpc) is 3.33. The molecule has 1 saturated heterocycles. The molecule has 114 valence electrons. The minimum absolute atomic E-state index is 0.275. The van der Waals surface area contributed by atoms with E-state index in [2.05, 4.69) is 16.3 Å². The van der Waals surface area contributed by atoms with Crippen LogP contribution in [0.25, 0.3) is 0 Å². The highest BCUT2D eigenvalue weighted by Crippen LogP contribution is 2.35. The molecule has 0 aromatic rings. The molecule has 0 amide bonds. The van der Waals surface area contributed by atoms with Crippen molar-refractivity contribution in [2.75, 3.05) is 19.6 Å². The molecule has 1 saturated carbocycles. The highest BCUT2D eigenvalue weighted by atomic mass is 15.3. The van der Waals surface area contributed by atoms with E-state index in [4.69, 9.17) is 9.98 Å². The summed E-state index contributed by atoms with van der Waals surface area (Å²) in [4.78, 5) is 12.5. The summed E-state index contributed by atoms with van der Waals surface area (Å²) in [7, 11) is 0. The Kier molecular flexibility index (Phi) is 3.70. The van der Waals surface area contributed by atoms with Crippen LogP contribution in [0.15, 0.2) is 21.6 Å². The van der Waals surface area contributed by atoms with Gasteiger partial charge in [-0.3, -0.25) is 4.99 Å². The second-order valence-corrected chi connectivity index (χ2v) is 6.77. The molecule has 0 bridgehead atoms. The summed E-state index contributed by atoms with van der Waals surface area (Å²) in [5, 5.41) is 3.61. The highest BCUT2D eigenvalue weighted by molar-refractivity contribution is 6.24. The molecule has 4 heteroatoms. The van der Waals surface area contributed by atoms with Crippen molar-refractivity contribution in [3.63, 3.8) is 0 Å². The van der Waals surface area contributed by atoms with E-state index in [1.807, 2.05) is 0 Å². The molecule has 2 fully saturated rings. The lowest BCUT2D eigenvalue weighted by molar-refractivity contribution is 0.423. The Hall–Kier alpha value is -1.32. The summed E-state index contributed by atoms with van der Waals surface area (Å²) >= 11 is 0. The van der Waals surface area contributed by atoms with Gasteiger partial charge in [0.25, 0.3) is 0 Å². The summed E-state index contributed by atoms with van der Waals surface area (Å²) in [6, 6.07) is 0.